The number of amides is 1. The average Bonchev–Trinajstić information content (AvgIpc) is 3.12. The molecule has 0 spiro atoms. The summed E-state index contributed by atoms with van der Waals surface area (Å²) in [7, 11) is 2.10. The summed E-state index contributed by atoms with van der Waals surface area (Å²) in [5.74, 6) is 0.493. The van der Waals surface area contributed by atoms with Crippen LogP contribution >= 0.6 is 0 Å². The SMILES string of the molecule is Cc1nccc(C(=O)NCCN(C)C2CC2)n1. The van der Waals surface area contributed by atoms with Gasteiger partial charge >= 0.3 is 0 Å². The Balaban J connectivity index is 1.76. The lowest BCUT2D eigenvalue weighted by molar-refractivity contribution is 0.0944. The van der Waals surface area contributed by atoms with Gasteiger partial charge in [0.25, 0.3) is 5.91 Å². The molecule has 0 aliphatic heterocycles. The normalized spacial score (nSPS) is 15.0. The number of carbonyl (C=O) groups is 1. The molecule has 1 saturated carbocycles. The highest BCUT2D eigenvalue weighted by molar-refractivity contribution is 5.92. The predicted molar refractivity (Wildman–Crippen MR) is 64.8 cm³/mol. The van der Waals surface area contributed by atoms with Crippen LogP contribution in [-0.4, -0.2) is 47.0 Å². The van der Waals surface area contributed by atoms with E-state index in [-0.39, 0.29) is 5.91 Å². The first-order valence-corrected chi connectivity index (χ1v) is 5.95. The topological polar surface area (TPSA) is 58.1 Å². The summed E-state index contributed by atoms with van der Waals surface area (Å²) >= 11 is 0. The van der Waals surface area contributed by atoms with Crippen molar-refractivity contribution < 1.29 is 4.79 Å². The van der Waals surface area contributed by atoms with E-state index in [0.717, 1.165) is 12.6 Å². The molecule has 0 bridgehead atoms. The number of carbonyl (C=O) groups excluding carboxylic acids is 1. The van der Waals surface area contributed by atoms with Gasteiger partial charge in [-0.2, -0.15) is 0 Å². The van der Waals surface area contributed by atoms with Crippen molar-refractivity contribution in [2.45, 2.75) is 25.8 Å². The monoisotopic (exact) mass is 234 g/mol. The summed E-state index contributed by atoms with van der Waals surface area (Å²) in [6, 6.07) is 2.36. The minimum Gasteiger partial charge on any atom is -0.349 e. The maximum Gasteiger partial charge on any atom is 0.270 e. The van der Waals surface area contributed by atoms with E-state index in [9.17, 15) is 4.79 Å². The highest BCUT2D eigenvalue weighted by Crippen LogP contribution is 2.24. The standard InChI is InChI=1S/C12H18N4O/c1-9-13-6-5-11(15-9)12(17)14-7-8-16(2)10-3-4-10/h5-6,10H,3-4,7-8H2,1-2H3,(H,14,17). The summed E-state index contributed by atoms with van der Waals surface area (Å²) in [5, 5.41) is 2.87. The molecule has 0 aromatic carbocycles. The van der Waals surface area contributed by atoms with Crippen molar-refractivity contribution in [3.05, 3.63) is 23.8 Å². The van der Waals surface area contributed by atoms with E-state index < -0.39 is 0 Å². The zero-order chi connectivity index (χ0) is 12.3. The van der Waals surface area contributed by atoms with Crippen molar-refractivity contribution in [2.24, 2.45) is 0 Å². The van der Waals surface area contributed by atoms with Crippen LogP contribution in [0.4, 0.5) is 0 Å². The lowest BCUT2D eigenvalue weighted by atomic mass is 10.3. The van der Waals surface area contributed by atoms with Crippen molar-refractivity contribution in [2.75, 3.05) is 20.1 Å². The Morgan fingerprint density at radius 2 is 2.35 bits per heavy atom. The molecule has 1 aromatic heterocycles. The van der Waals surface area contributed by atoms with E-state index in [1.165, 1.54) is 12.8 Å². The number of likely N-dealkylation sites (N-methyl/N-ethyl adjacent to an activating group) is 1. The number of nitrogens with one attached hydrogen (secondary N) is 1. The average molecular weight is 234 g/mol. The highest BCUT2D eigenvalue weighted by Gasteiger charge is 2.25. The quantitative estimate of drug-likeness (QED) is 0.811. The van der Waals surface area contributed by atoms with E-state index >= 15 is 0 Å². The Morgan fingerprint density at radius 3 is 3.00 bits per heavy atom. The van der Waals surface area contributed by atoms with Crippen LogP contribution in [0.1, 0.15) is 29.2 Å². The molecule has 2 rings (SSSR count). The van der Waals surface area contributed by atoms with E-state index in [2.05, 4.69) is 27.2 Å². The van der Waals surface area contributed by atoms with Gasteiger partial charge in [0.2, 0.25) is 0 Å². The molecule has 1 fully saturated rings. The van der Waals surface area contributed by atoms with E-state index in [1.807, 2.05) is 0 Å². The van der Waals surface area contributed by atoms with Gasteiger partial charge in [-0.15, -0.1) is 0 Å². The first-order chi connectivity index (χ1) is 8.16. The summed E-state index contributed by atoms with van der Waals surface area (Å²) in [6.07, 6.45) is 4.18. The van der Waals surface area contributed by atoms with Crippen molar-refractivity contribution in [3.8, 4) is 0 Å². The van der Waals surface area contributed by atoms with Crippen molar-refractivity contribution in [1.82, 2.24) is 20.2 Å². The van der Waals surface area contributed by atoms with Crippen molar-refractivity contribution in [1.29, 1.82) is 0 Å². The number of rotatable bonds is 5. The molecule has 92 valence electrons. The third kappa shape index (κ3) is 3.49. The third-order valence-electron chi connectivity index (χ3n) is 2.93. The second kappa shape index (κ2) is 5.23. The Kier molecular flexibility index (Phi) is 3.68. The fourth-order valence-electron chi connectivity index (χ4n) is 1.72. The smallest absolute Gasteiger partial charge is 0.270 e. The molecular weight excluding hydrogens is 216 g/mol. The maximum absolute atomic E-state index is 11.7. The van der Waals surface area contributed by atoms with Crippen molar-refractivity contribution in [3.63, 3.8) is 0 Å². The molecule has 5 nitrogen and oxygen atoms in total. The summed E-state index contributed by atoms with van der Waals surface area (Å²) in [6.45, 7) is 3.33. The molecule has 1 aliphatic rings. The minimum atomic E-state index is -0.125. The van der Waals surface area contributed by atoms with Crippen LogP contribution in [0.5, 0.6) is 0 Å². The molecule has 1 amide bonds. The predicted octanol–water partition coefficient (Wildman–Crippen LogP) is 0.609. The molecule has 1 aromatic rings. The van der Waals surface area contributed by atoms with Crippen LogP contribution in [0, 0.1) is 6.92 Å². The van der Waals surface area contributed by atoms with Gasteiger partial charge in [-0.3, -0.25) is 4.79 Å². The van der Waals surface area contributed by atoms with Crippen molar-refractivity contribution >= 4 is 5.91 Å². The zero-order valence-corrected chi connectivity index (χ0v) is 10.3. The molecule has 0 unspecified atom stereocenters. The molecule has 1 heterocycles. The van der Waals surface area contributed by atoms with Crippen LogP contribution in [0.25, 0.3) is 0 Å². The van der Waals surface area contributed by atoms with Gasteiger partial charge in [-0.1, -0.05) is 0 Å². The van der Waals surface area contributed by atoms with Crippen LogP contribution < -0.4 is 5.32 Å². The second-order valence-electron chi connectivity index (χ2n) is 4.46. The largest absolute Gasteiger partial charge is 0.349 e. The zero-order valence-electron chi connectivity index (χ0n) is 10.3. The molecule has 5 heteroatoms. The van der Waals surface area contributed by atoms with Gasteiger partial charge in [0.1, 0.15) is 11.5 Å². The first-order valence-electron chi connectivity index (χ1n) is 5.95. The van der Waals surface area contributed by atoms with Gasteiger partial charge in [0, 0.05) is 25.3 Å². The molecule has 0 radical (unpaired) electrons. The summed E-state index contributed by atoms with van der Waals surface area (Å²) in [4.78, 5) is 22.1. The number of nitrogens with zero attached hydrogens (tertiary/aromatic N) is 3. The van der Waals surface area contributed by atoms with Gasteiger partial charge in [-0.05, 0) is 32.9 Å². The number of aryl methyl sites for hydroxylation is 1. The van der Waals surface area contributed by atoms with Crippen LogP contribution in [0.2, 0.25) is 0 Å². The Labute approximate surface area is 101 Å². The van der Waals surface area contributed by atoms with Gasteiger partial charge < -0.3 is 10.2 Å². The lowest BCUT2D eigenvalue weighted by Gasteiger charge is -2.15. The highest BCUT2D eigenvalue weighted by atomic mass is 16.1. The Hall–Kier alpha value is -1.49. The third-order valence-corrected chi connectivity index (χ3v) is 2.93. The van der Waals surface area contributed by atoms with E-state index in [1.54, 1.807) is 19.2 Å². The van der Waals surface area contributed by atoms with E-state index in [4.69, 9.17) is 0 Å². The maximum atomic E-state index is 11.7. The summed E-state index contributed by atoms with van der Waals surface area (Å²) in [5.41, 5.74) is 0.437. The molecule has 1 aliphatic carbocycles. The Morgan fingerprint density at radius 1 is 1.59 bits per heavy atom. The van der Waals surface area contributed by atoms with Gasteiger partial charge in [0.05, 0.1) is 0 Å². The van der Waals surface area contributed by atoms with Gasteiger partial charge in [0.15, 0.2) is 0 Å². The van der Waals surface area contributed by atoms with Crippen LogP contribution in [0.15, 0.2) is 12.3 Å². The second-order valence-corrected chi connectivity index (χ2v) is 4.46. The van der Waals surface area contributed by atoms with Crippen LogP contribution in [0.3, 0.4) is 0 Å². The molecular formula is C12H18N4O. The lowest BCUT2D eigenvalue weighted by Crippen LogP contribution is -2.34. The Bertz CT molecular complexity index is 403. The summed E-state index contributed by atoms with van der Waals surface area (Å²) < 4.78 is 0. The van der Waals surface area contributed by atoms with Crippen LogP contribution in [-0.2, 0) is 0 Å². The first kappa shape index (κ1) is 12.0. The molecule has 0 saturated heterocycles. The molecule has 1 N–H and O–H groups in total. The fourth-order valence-corrected chi connectivity index (χ4v) is 1.72. The molecule has 0 atom stereocenters. The van der Waals surface area contributed by atoms with E-state index in [0.29, 0.717) is 18.1 Å². The fraction of sp³-hybridized carbons (Fsp3) is 0.583. The molecule has 17 heavy (non-hydrogen) atoms. The number of hydrogen-bond acceptors (Lipinski definition) is 4. The number of aromatic nitrogens is 2. The number of hydrogen-bond donors (Lipinski definition) is 1. The van der Waals surface area contributed by atoms with Gasteiger partial charge in [-0.25, -0.2) is 9.97 Å². The minimum absolute atomic E-state index is 0.125.